The Hall–Kier alpha value is -0.830. The van der Waals surface area contributed by atoms with Crippen LogP contribution < -0.4 is 5.32 Å². The van der Waals surface area contributed by atoms with Crippen molar-refractivity contribution in [2.24, 2.45) is 5.41 Å². The van der Waals surface area contributed by atoms with Crippen LogP contribution in [-0.2, 0) is 6.54 Å². The zero-order valence-electron chi connectivity index (χ0n) is 10.4. The molecule has 3 heteroatoms. The highest BCUT2D eigenvalue weighted by Crippen LogP contribution is 2.17. The van der Waals surface area contributed by atoms with Crippen LogP contribution in [0, 0.1) is 12.3 Å². The molecule has 0 aliphatic carbocycles. The van der Waals surface area contributed by atoms with E-state index in [1.54, 1.807) is 0 Å². The molecule has 15 heavy (non-hydrogen) atoms. The second-order valence-corrected chi connectivity index (χ2v) is 4.97. The molecule has 0 bridgehead atoms. The van der Waals surface area contributed by atoms with E-state index in [-0.39, 0.29) is 5.41 Å². The second kappa shape index (κ2) is 5.31. The molecule has 1 rings (SSSR count). The van der Waals surface area contributed by atoms with Crippen LogP contribution in [0.1, 0.15) is 32.9 Å². The highest BCUT2D eigenvalue weighted by atomic mass is 15.3. The molecule has 0 atom stereocenters. The average Bonchev–Trinajstić information content (AvgIpc) is 2.51. The first-order chi connectivity index (χ1) is 7.05. The van der Waals surface area contributed by atoms with Crippen molar-refractivity contribution in [3.8, 4) is 0 Å². The van der Waals surface area contributed by atoms with Gasteiger partial charge in [0.15, 0.2) is 0 Å². The number of nitrogens with one attached hydrogen (secondary N) is 1. The van der Waals surface area contributed by atoms with Gasteiger partial charge < -0.3 is 5.32 Å². The Balaban J connectivity index is 2.45. The number of hydrogen-bond donors (Lipinski definition) is 1. The van der Waals surface area contributed by atoms with Gasteiger partial charge in [0.25, 0.3) is 0 Å². The van der Waals surface area contributed by atoms with Crippen LogP contribution in [0.5, 0.6) is 0 Å². The van der Waals surface area contributed by atoms with E-state index in [0.29, 0.717) is 0 Å². The summed E-state index contributed by atoms with van der Waals surface area (Å²) in [6.07, 6.45) is 3.06. The SMILES string of the molecule is CCCNCC(C)(C)Cn1nccc1C. The Morgan fingerprint density at radius 3 is 2.73 bits per heavy atom. The standard InChI is InChI=1S/C12H23N3/c1-5-7-13-9-12(3,4)10-15-11(2)6-8-14-15/h6,8,13H,5,7,9-10H2,1-4H3. The van der Waals surface area contributed by atoms with E-state index in [4.69, 9.17) is 0 Å². The Kier molecular flexibility index (Phi) is 4.33. The average molecular weight is 209 g/mol. The maximum Gasteiger partial charge on any atom is 0.0492 e. The first-order valence-electron chi connectivity index (χ1n) is 5.74. The van der Waals surface area contributed by atoms with Crippen LogP contribution in [0.15, 0.2) is 12.3 Å². The lowest BCUT2D eigenvalue weighted by atomic mass is 9.93. The van der Waals surface area contributed by atoms with Crippen molar-refractivity contribution in [3.05, 3.63) is 18.0 Å². The van der Waals surface area contributed by atoms with Crippen molar-refractivity contribution in [2.75, 3.05) is 13.1 Å². The fraction of sp³-hybridized carbons (Fsp3) is 0.750. The van der Waals surface area contributed by atoms with Crippen LogP contribution >= 0.6 is 0 Å². The molecule has 1 aromatic heterocycles. The van der Waals surface area contributed by atoms with Gasteiger partial charge in [-0.15, -0.1) is 0 Å². The normalized spacial score (nSPS) is 12.0. The lowest BCUT2D eigenvalue weighted by molar-refractivity contribution is 0.274. The van der Waals surface area contributed by atoms with Gasteiger partial charge in [-0.05, 0) is 31.4 Å². The van der Waals surface area contributed by atoms with E-state index < -0.39 is 0 Å². The molecule has 1 aromatic rings. The number of rotatable bonds is 6. The van der Waals surface area contributed by atoms with Crippen molar-refractivity contribution in [3.63, 3.8) is 0 Å². The molecule has 0 radical (unpaired) electrons. The molecule has 0 saturated carbocycles. The Morgan fingerprint density at radius 1 is 1.47 bits per heavy atom. The lowest BCUT2D eigenvalue weighted by Crippen LogP contribution is -2.34. The van der Waals surface area contributed by atoms with Crippen LogP contribution in [-0.4, -0.2) is 22.9 Å². The van der Waals surface area contributed by atoms with Gasteiger partial charge in [0.05, 0.1) is 0 Å². The molecule has 3 nitrogen and oxygen atoms in total. The molecule has 1 heterocycles. The van der Waals surface area contributed by atoms with Gasteiger partial charge in [-0.1, -0.05) is 20.8 Å². The third-order valence-corrected chi connectivity index (χ3v) is 2.54. The van der Waals surface area contributed by atoms with E-state index in [1.165, 1.54) is 12.1 Å². The van der Waals surface area contributed by atoms with E-state index in [1.807, 2.05) is 6.20 Å². The first kappa shape index (κ1) is 12.2. The van der Waals surface area contributed by atoms with E-state index in [9.17, 15) is 0 Å². The molecule has 0 spiro atoms. The first-order valence-corrected chi connectivity index (χ1v) is 5.74. The van der Waals surface area contributed by atoms with Gasteiger partial charge in [0.2, 0.25) is 0 Å². The van der Waals surface area contributed by atoms with Crippen molar-refractivity contribution in [1.29, 1.82) is 0 Å². The zero-order chi connectivity index (χ0) is 11.3. The molecule has 0 aromatic carbocycles. The number of hydrogen-bond acceptors (Lipinski definition) is 2. The van der Waals surface area contributed by atoms with Crippen molar-refractivity contribution in [1.82, 2.24) is 15.1 Å². The molecule has 0 aliphatic rings. The van der Waals surface area contributed by atoms with Crippen LogP contribution in [0.25, 0.3) is 0 Å². The number of aryl methyl sites for hydroxylation is 1. The van der Waals surface area contributed by atoms with Gasteiger partial charge in [-0.2, -0.15) is 5.10 Å². The van der Waals surface area contributed by atoms with Gasteiger partial charge in [-0.3, -0.25) is 4.68 Å². The summed E-state index contributed by atoms with van der Waals surface area (Å²) in [5.41, 5.74) is 1.49. The summed E-state index contributed by atoms with van der Waals surface area (Å²) < 4.78 is 2.08. The highest BCUT2D eigenvalue weighted by molar-refractivity contribution is 4.97. The summed E-state index contributed by atoms with van der Waals surface area (Å²) in [4.78, 5) is 0. The molecule has 86 valence electrons. The summed E-state index contributed by atoms with van der Waals surface area (Å²) in [5, 5.41) is 7.78. The van der Waals surface area contributed by atoms with Crippen LogP contribution in [0.2, 0.25) is 0 Å². The molecular weight excluding hydrogens is 186 g/mol. The van der Waals surface area contributed by atoms with Crippen LogP contribution in [0.4, 0.5) is 0 Å². The predicted molar refractivity (Wildman–Crippen MR) is 63.9 cm³/mol. The predicted octanol–water partition coefficient (Wildman–Crippen LogP) is 2.22. The quantitative estimate of drug-likeness (QED) is 0.728. The molecule has 0 unspecified atom stereocenters. The van der Waals surface area contributed by atoms with Gasteiger partial charge in [-0.25, -0.2) is 0 Å². The van der Waals surface area contributed by atoms with E-state index in [0.717, 1.165) is 19.6 Å². The smallest absolute Gasteiger partial charge is 0.0492 e. The molecule has 1 N–H and O–H groups in total. The monoisotopic (exact) mass is 209 g/mol. The molecule has 0 fully saturated rings. The third-order valence-electron chi connectivity index (χ3n) is 2.54. The van der Waals surface area contributed by atoms with E-state index in [2.05, 4.69) is 48.9 Å². The summed E-state index contributed by atoms with van der Waals surface area (Å²) in [7, 11) is 0. The highest BCUT2D eigenvalue weighted by Gasteiger charge is 2.18. The minimum atomic E-state index is 0.256. The lowest BCUT2D eigenvalue weighted by Gasteiger charge is -2.25. The largest absolute Gasteiger partial charge is 0.316 e. The maximum absolute atomic E-state index is 4.32. The minimum absolute atomic E-state index is 0.256. The van der Waals surface area contributed by atoms with Crippen molar-refractivity contribution >= 4 is 0 Å². The number of aromatic nitrogens is 2. The fourth-order valence-corrected chi connectivity index (χ4v) is 1.63. The Labute approximate surface area is 92.9 Å². The number of nitrogens with zero attached hydrogens (tertiary/aromatic N) is 2. The fourth-order valence-electron chi connectivity index (χ4n) is 1.63. The molecule has 0 saturated heterocycles. The van der Waals surface area contributed by atoms with Crippen molar-refractivity contribution < 1.29 is 0 Å². The van der Waals surface area contributed by atoms with Gasteiger partial charge in [0, 0.05) is 25.0 Å². The summed E-state index contributed by atoms with van der Waals surface area (Å²) in [6, 6.07) is 2.05. The second-order valence-electron chi connectivity index (χ2n) is 4.97. The summed E-state index contributed by atoms with van der Waals surface area (Å²) >= 11 is 0. The van der Waals surface area contributed by atoms with Crippen LogP contribution in [0.3, 0.4) is 0 Å². The summed E-state index contributed by atoms with van der Waals surface area (Å²) in [6.45, 7) is 12.0. The summed E-state index contributed by atoms with van der Waals surface area (Å²) in [5.74, 6) is 0. The third kappa shape index (κ3) is 4.04. The molecule has 0 aliphatic heterocycles. The Morgan fingerprint density at radius 2 is 2.20 bits per heavy atom. The Bertz CT molecular complexity index is 289. The minimum Gasteiger partial charge on any atom is -0.316 e. The zero-order valence-corrected chi connectivity index (χ0v) is 10.4. The van der Waals surface area contributed by atoms with Gasteiger partial charge in [0.1, 0.15) is 0 Å². The topological polar surface area (TPSA) is 29.9 Å². The maximum atomic E-state index is 4.32. The molecular formula is C12H23N3. The molecule has 0 amide bonds. The van der Waals surface area contributed by atoms with E-state index >= 15 is 0 Å². The van der Waals surface area contributed by atoms with Gasteiger partial charge >= 0.3 is 0 Å². The van der Waals surface area contributed by atoms with Crippen molar-refractivity contribution in [2.45, 2.75) is 40.7 Å².